The van der Waals surface area contributed by atoms with E-state index in [1.807, 2.05) is 0 Å². The number of carbonyl (C=O) groups excluding carboxylic acids is 2. The first-order valence-electron chi connectivity index (χ1n) is 6.55. The Hall–Kier alpha value is -1.79. The van der Waals surface area contributed by atoms with Gasteiger partial charge in [0.15, 0.2) is 0 Å². The van der Waals surface area contributed by atoms with Crippen LogP contribution in [-0.2, 0) is 9.59 Å². The Morgan fingerprint density at radius 3 is 2.05 bits per heavy atom. The van der Waals surface area contributed by atoms with Gasteiger partial charge in [-0.15, -0.1) is 0 Å². The van der Waals surface area contributed by atoms with Crippen molar-refractivity contribution >= 4 is 17.9 Å². The van der Waals surface area contributed by atoms with Gasteiger partial charge in [-0.1, -0.05) is 27.7 Å². The number of nitrogens with two attached hydrogens (primary N) is 1. The van der Waals surface area contributed by atoms with Gasteiger partial charge in [-0.05, 0) is 16.7 Å². The average molecular weight is 285 g/mol. The molecule has 0 radical (unpaired) electrons. The normalized spacial score (nSPS) is 20.8. The number of carboxylic acid groups (broad SMARTS) is 1. The van der Waals surface area contributed by atoms with Crippen molar-refractivity contribution in [2.75, 3.05) is 6.54 Å². The maximum atomic E-state index is 11.7. The topological polar surface area (TPSA) is 122 Å². The molecule has 1 aliphatic carbocycles. The molecule has 0 unspecified atom stereocenters. The van der Waals surface area contributed by atoms with Gasteiger partial charge in [-0.2, -0.15) is 0 Å². The lowest BCUT2D eigenvalue weighted by atomic mass is 10.0. The third-order valence-electron chi connectivity index (χ3n) is 4.80. The summed E-state index contributed by atoms with van der Waals surface area (Å²) < 4.78 is 0. The van der Waals surface area contributed by atoms with Crippen LogP contribution in [0.2, 0.25) is 0 Å². The Labute approximate surface area is 118 Å². The minimum absolute atomic E-state index is 0.139. The number of amides is 3. The molecule has 1 rings (SSSR count). The lowest BCUT2D eigenvalue weighted by Crippen LogP contribution is -2.48. The molecule has 0 heterocycles. The molecule has 0 saturated heterocycles. The van der Waals surface area contributed by atoms with Crippen LogP contribution in [0.25, 0.3) is 0 Å². The molecule has 0 aliphatic heterocycles. The van der Waals surface area contributed by atoms with E-state index < -0.39 is 30.4 Å². The molecule has 20 heavy (non-hydrogen) atoms. The Morgan fingerprint density at radius 2 is 1.70 bits per heavy atom. The number of urea groups is 1. The van der Waals surface area contributed by atoms with Crippen molar-refractivity contribution in [1.82, 2.24) is 10.6 Å². The minimum Gasteiger partial charge on any atom is -0.480 e. The van der Waals surface area contributed by atoms with Crippen LogP contribution < -0.4 is 16.4 Å². The van der Waals surface area contributed by atoms with Crippen LogP contribution in [0.4, 0.5) is 4.79 Å². The standard InChI is InChI=1S/C13H23N3O4/c1-12(2)8(13(12,3)4)6-15-11(20)16-7(10(18)19)5-9(14)17/h7-8H,5-6H2,1-4H3,(H2,14,17)(H,18,19)(H2,15,16,20)/t7-/m0/s1. The summed E-state index contributed by atoms with van der Waals surface area (Å²) in [4.78, 5) is 33.3. The van der Waals surface area contributed by atoms with Crippen molar-refractivity contribution in [3.63, 3.8) is 0 Å². The number of rotatable bonds is 6. The number of nitrogens with one attached hydrogen (secondary N) is 2. The zero-order valence-electron chi connectivity index (χ0n) is 12.3. The van der Waals surface area contributed by atoms with Crippen molar-refractivity contribution < 1.29 is 19.5 Å². The van der Waals surface area contributed by atoms with Crippen LogP contribution in [0.5, 0.6) is 0 Å². The van der Waals surface area contributed by atoms with E-state index in [0.29, 0.717) is 12.5 Å². The van der Waals surface area contributed by atoms with Gasteiger partial charge < -0.3 is 21.5 Å². The third kappa shape index (κ3) is 3.20. The predicted octanol–water partition coefficient (Wildman–Crippen LogP) is 0.296. The fraction of sp³-hybridized carbons (Fsp3) is 0.769. The highest BCUT2D eigenvalue weighted by Gasteiger charge is 2.64. The molecule has 0 aromatic rings. The first kappa shape index (κ1) is 16.3. The highest BCUT2D eigenvalue weighted by molar-refractivity contribution is 5.87. The number of hydrogen-bond donors (Lipinski definition) is 4. The van der Waals surface area contributed by atoms with Gasteiger partial charge in [0.1, 0.15) is 6.04 Å². The summed E-state index contributed by atoms with van der Waals surface area (Å²) >= 11 is 0. The Balaban J connectivity index is 2.44. The second kappa shape index (κ2) is 5.30. The zero-order valence-corrected chi connectivity index (χ0v) is 12.3. The van der Waals surface area contributed by atoms with Crippen LogP contribution in [-0.4, -0.2) is 35.6 Å². The molecule has 0 spiro atoms. The Bertz CT molecular complexity index is 417. The molecule has 7 nitrogen and oxygen atoms in total. The average Bonchev–Trinajstić information content (AvgIpc) is 2.65. The summed E-state index contributed by atoms with van der Waals surface area (Å²) in [5.74, 6) is -1.73. The van der Waals surface area contributed by atoms with Crippen molar-refractivity contribution in [3.8, 4) is 0 Å². The molecule has 3 amide bonds. The minimum atomic E-state index is -1.30. The smallest absolute Gasteiger partial charge is 0.326 e. The molecule has 7 heteroatoms. The molecule has 1 saturated carbocycles. The molecule has 0 aromatic heterocycles. The molecule has 5 N–H and O–H groups in total. The SMILES string of the molecule is CC1(C)C(CNC(=O)N[C@@H](CC(N)=O)C(=O)O)C1(C)C. The fourth-order valence-electron chi connectivity index (χ4n) is 2.65. The van der Waals surface area contributed by atoms with Gasteiger partial charge in [0.05, 0.1) is 6.42 Å². The van der Waals surface area contributed by atoms with Crippen LogP contribution in [0.1, 0.15) is 34.1 Å². The van der Waals surface area contributed by atoms with Crippen LogP contribution >= 0.6 is 0 Å². The second-order valence-corrected chi connectivity index (χ2v) is 6.41. The molecule has 1 atom stereocenters. The van der Waals surface area contributed by atoms with Crippen LogP contribution in [0, 0.1) is 16.7 Å². The number of carboxylic acids is 1. The van der Waals surface area contributed by atoms with E-state index >= 15 is 0 Å². The third-order valence-corrected chi connectivity index (χ3v) is 4.80. The van der Waals surface area contributed by atoms with Gasteiger partial charge in [0, 0.05) is 6.54 Å². The van der Waals surface area contributed by atoms with E-state index in [0.717, 1.165) is 0 Å². The van der Waals surface area contributed by atoms with E-state index in [1.165, 1.54) is 0 Å². The Morgan fingerprint density at radius 1 is 1.20 bits per heavy atom. The van der Waals surface area contributed by atoms with Gasteiger partial charge in [-0.25, -0.2) is 9.59 Å². The molecule has 1 fully saturated rings. The summed E-state index contributed by atoms with van der Waals surface area (Å²) in [6.07, 6.45) is -0.427. The lowest BCUT2D eigenvalue weighted by molar-refractivity contribution is -0.140. The summed E-state index contributed by atoms with van der Waals surface area (Å²) in [5.41, 5.74) is 5.21. The van der Waals surface area contributed by atoms with E-state index in [1.54, 1.807) is 0 Å². The van der Waals surface area contributed by atoms with E-state index in [4.69, 9.17) is 10.8 Å². The Kier molecular flexibility index (Phi) is 4.31. The molecule has 1 aliphatic rings. The highest BCUT2D eigenvalue weighted by atomic mass is 16.4. The van der Waals surface area contributed by atoms with Crippen molar-refractivity contribution in [2.24, 2.45) is 22.5 Å². The number of aliphatic carboxylic acids is 1. The van der Waals surface area contributed by atoms with Crippen LogP contribution in [0.3, 0.4) is 0 Å². The lowest BCUT2D eigenvalue weighted by Gasteiger charge is -2.14. The molecular formula is C13H23N3O4. The van der Waals surface area contributed by atoms with Crippen molar-refractivity contribution in [2.45, 2.75) is 40.2 Å². The second-order valence-electron chi connectivity index (χ2n) is 6.41. The van der Waals surface area contributed by atoms with Gasteiger partial charge >= 0.3 is 12.0 Å². The van der Waals surface area contributed by atoms with E-state index in [-0.39, 0.29) is 10.8 Å². The summed E-state index contributed by atoms with van der Waals surface area (Å²) in [5, 5.41) is 13.8. The summed E-state index contributed by atoms with van der Waals surface area (Å²) in [6.45, 7) is 8.98. The number of carbonyl (C=O) groups is 3. The highest BCUT2D eigenvalue weighted by Crippen LogP contribution is 2.67. The van der Waals surface area contributed by atoms with Crippen LogP contribution in [0.15, 0.2) is 0 Å². The van der Waals surface area contributed by atoms with Crippen molar-refractivity contribution in [1.29, 1.82) is 0 Å². The van der Waals surface area contributed by atoms with Gasteiger partial charge in [0.2, 0.25) is 5.91 Å². The molecular weight excluding hydrogens is 262 g/mol. The molecule has 0 bridgehead atoms. The first-order valence-corrected chi connectivity index (χ1v) is 6.55. The monoisotopic (exact) mass is 285 g/mol. The predicted molar refractivity (Wildman–Crippen MR) is 72.8 cm³/mol. The molecule has 114 valence electrons. The zero-order chi connectivity index (χ0) is 15.7. The molecule has 0 aromatic carbocycles. The quantitative estimate of drug-likeness (QED) is 0.560. The fourth-order valence-corrected chi connectivity index (χ4v) is 2.65. The van der Waals surface area contributed by atoms with Gasteiger partial charge in [0.25, 0.3) is 0 Å². The maximum absolute atomic E-state index is 11.7. The summed E-state index contributed by atoms with van der Waals surface area (Å²) in [7, 11) is 0. The summed E-state index contributed by atoms with van der Waals surface area (Å²) in [6, 6.07) is -1.90. The number of primary amides is 1. The number of hydrogen-bond acceptors (Lipinski definition) is 3. The van der Waals surface area contributed by atoms with Gasteiger partial charge in [-0.3, -0.25) is 4.79 Å². The van der Waals surface area contributed by atoms with E-state index in [9.17, 15) is 14.4 Å². The van der Waals surface area contributed by atoms with E-state index in [2.05, 4.69) is 38.3 Å². The first-order chi connectivity index (χ1) is 9.00. The van der Waals surface area contributed by atoms with Crippen molar-refractivity contribution in [3.05, 3.63) is 0 Å². The maximum Gasteiger partial charge on any atom is 0.326 e. The largest absolute Gasteiger partial charge is 0.480 e.